The number of benzene rings is 5. The molecule has 0 unspecified atom stereocenters. The lowest BCUT2D eigenvalue weighted by atomic mass is 9.90. The van der Waals surface area contributed by atoms with Crippen molar-refractivity contribution in [1.29, 1.82) is 0 Å². The van der Waals surface area contributed by atoms with Crippen LogP contribution in [-0.2, 0) is 12.8 Å². The molecule has 0 aliphatic heterocycles. The largest absolute Gasteiger partial charge is 0.0991 e. The molecule has 0 heteroatoms. The Kier molecular flexibility index (Phi) is 5.21. The Labute approximate surface area is 166 Å². The fourth-order valence-corrected chi connectivity index (χ4v) is 3.94. The van der Waals surface area contributed by atoms with Gasteiger partial charge >= 0.3 is 0 Å². The molecule has 0 aromatic heterocycles. The smallest absolute Gasteiger partial charge is 0.00240 e. The van der Waals surface area contributed by atoms with E-state index in [1.54, 1.807) is 12.2 Å². The van der Waals surface area contributed by atoms with Crippen molar-refractivity contribution in [3.05, 3.63) is 121 Å². The van der Waals surface area contributed by atoms with Crippen LogP contribution in [0.1, 0.15) is 11.1 Å². The van der Waals surface area contributed by atoms with Gasteiger partial charge in [0.05, 0.1) is 0 Å². The summed E-state index contributed by atoms with van der Waals surface area (Å²) in [6.45, 7) is 6.72. The maximum atomic E-state index is 3.36. The topological polar surface area (TPSA) is 0 Å². The van der Waals surface area contributed by atoms with E-state index in [1.165, 1.54) is 43.4 Å². The number of hydrogen-bond donors (Lipinski definition) is 0. The Morgan fingerprint density at radius 1 is 0.536 bits per heavy atom. The van der Waals surface area contributed by atoms with Crippen LogP contribution in [0.5, 0.6) is 0 Å². The molecule has 0 aliphatic carbocycles. The summed E-state index contributed by atoms with van der Waals surface area (Å²) in [4.78, 5) is 0. The first-order valence-electron chi connectivity index (χ1n) is 9.74. The zero-order valence-corrected chi connectivity index (χ0v) is 16.1. The van der Waals surface area contributed by atoms with Crippen molar-refractivity contribution in [2.24, 2.45) is 0 Å². The molecule has 136 valence electrons. The maximum absolute atomic E-state index is 3.36. The second kappa shape index (κ2) is 8.10. The molecule has 0 atom stereocenters. The first-order valence-corrected chi connectivity index (χ1v) is 9.74. The third-order valence-corrected chi connectivity index (χ3v) is 5.31. The summed E-state index contributed by atoms with van der Waals surface area (Å²) in [6.07, 6.45) is 5.45. The standard InChI is InChI=1S/C24H18.C4H6/c1-2-5-17(6-3-1)9-10-18-11-12-21-14-13-19-7-4-8-20-15-16-22(18)24(21)23(19)20;1-3-4-2/h1-8,11-16H,9-10H2;3-4H,1-2H2. The van der Waals surface area contributed by atoms with Crippen molar-refractivity contribution >= 4 is 32.3 Å². The molecule has 0 amide bonds. The van der Waals surface area contributed by atoms with Crippen LogP contribution in [0.3, 0.4) is 0 Å². The van der Waals surface area contributed by atoms with E-state index in [9.17, 15) is 0 Å². The Bertz CT molecular complexity index is 1210. The highest BCUT2D eigenvalue weighted by molar-refractivity contribution is 6.23. The van der Waals surface area contributed by atoms with Crippen LogP contribution in [0.25, 0.3) is 32.3 Å². The molecule has 0 saturated heterocycles. The number of aryl methyl sites for hydroxylation is 2. The van der Waals surface area contributed by atoms with Crippen LogP contribution < -0.4 is 0 Å². The Hall–Kier alpha value is -3.38. The molecular weight excluding hydrogens is 336 g/mol. The second-order valence-electron chi connectivity index (χ2n) is 7.04. The van der Waals surface area contributed by atoms with Crippen molar-refractivity contribution in [2.75, 3.05) is 0 Å². The van der Waals surface area contributed by atoms with E-state index in [4.69, 9.17) is 0 Å². The fourth-order valence-electron chi connectivity index (χ4n) is 3.94. The lowest BCUT2D eigenvalue weighted by molar-refractivity contribution is 0.970. The van der Waals surface area contributed by atoms with E-state index in [1.807, 2.05) is 0 Å². The van der Waals surface area contributed by atoms with Gasteiger partial charge < -0.3 is 0 Å². The van der Waals surface area contributed by atoms with Gasteiger partial charge in [0.15, 0.2) is 0 Å². The minimum absolute atomic E-state index is 1.08. The molecule has 0 aliphatic rings. The lowest BCUT2D eigenvalue weighted by Gasteiger charge is -2.14. The monoisotopic (exact) mass is 360 g/mol. The summed E-state index contributed by atoms with van der Waals surface area (Å²) in [6, 6.07) is 31.0. The van der Waals surface area contributed by atoms with Gasteiger partial charge in [-0.3, -0.25) is 0 Å². The highest BCUT2D eigenvalue weighted by atomic mass is 14.1. The van der Waals surface area contributed by atoms with Crippen molar-refractivity contribution < 1.29 is 0 Å². The first-order chi connectivity index (χ1) is 13.8. The average Bonchev–Trinajstić information content (AvgIpc) is 2.77. The summed E-state index contributed by atoms with van der Waals surface area (Å²) >= 11 is 0. The average molecular weight is 361 g/mol. The zero-order chi connectivity index (χ0) is 19.3. The molecule has 0 saturated carbocycles. The van der Waals surface area contributed by atoms with E-state index in [2.05, 4.69) is 98.1 Å². The first kappa shape index (κ1) is 18.0. The van der Waals surface area contributed by atoms with Gasteiger partial charge in [-0.25, -0.2) is 0 Å². The highest BCUT2D eigenvalue weighted by Crippen LogP contribution is 2.36. The second-order valence-corrected chi connectivity index (χ2v) is 7.04. The van der Waals surface area contributed by atoms with Crippen LogP contribution in [0.2, 0.25) is 0 Å². The Morgan fingerprint density at radius 2 is 1.14 bits per heavy atom. The molecule has 5 aromatic rings. The quantitative estimate of drug-likeness (QED) is 0.227. The Balaban J connectivity index is 0.000000442. The summed E-state index contributed by atoms with van der Waals surface area (Å²) < 4.78 is 0. The molecule has 0 radical (unpaired) electrons. The van der Waals surface area contributed by atoms with E-state index in [0.717, 1.165) is 12.8 Å². The molecule has 0 nitrogen and oxygen atoms in total. The van der Waals surface area contributed by atoms with E-state index < -0.39 is 0 Å². The van der Waals surface area contributed by atoms with Crippen LogP contribution in [0.15, 0.2) is 110 Å². The number of rotatable bonds is 4. The molecule has 0 heterocycles. The Morgan fingerprint density at radius 3 is 1.82 bits per heavy atom. The van der Waals surface area contributed by atoms with E-state index in [-0.39, 0.29) is 0 Å². The predicted octanol–water partition coefficient (Wildman–Crippen LogP) is 7.73. The fraction of sp³-hybridized carbons (Fsp3) is 0.0714. The molecule has 0 bridgehead atoms. The van der Waals surface area contributed by atoms with Crippen molar-refractivity contribution in [2.45, 2.75) is 12.8 Å². The third kappa shape index (κ3) is 3.42. The minimum Gasteiger partial charge on any atom is -0.0991 e. The van der Waals surface area contributed by atoms with E-state index >= 15 is 0 Å². The molecule has 28 heavy (non-hydrogen) atoms. The van der Waals surface area contributed by atoms with Crippen LogP contribution in [0, 0.1) is 0 Å². The summed E-state index contributed by atoms with van der Waals surface area (Å²) in [5.41, 5.74) is 2.85. The predicted molar refractivity (Wildman–Crippen MR) is 124 cm³/mol. The number of hydrogen-bond acceptors (Lipinski definition) is 0. The molecule has 0 N–H and O–H groups in total. The molecule has 0 fully saturated rings. The van der Waals surface area contributed by atoms with Crippen LogP contribution >= 0.6 is 0 Å². The molecule has 5 rings (SSSR count). The van der Waals surface area contributed by atoms with Crippen LogP contribution in [0.4, 0.5) is 0 Å². The van der Waals surface area contributed by atoms with Crippen molar-refractivity contribution in [3.63, 3.8) is 0 Å². The van der Waals surface area contributed by atoms with Gasteiger partial charge in [0, 0.05) is 0 Å². The molecule has 0 spiro atoms. The lowest BCUT2D eigenvalue weighted by Crippen LogP contribution is -1.94. The van der Waals surface area contributed by atoms with Gasteiger partial charge in [0.25, 0.3) is 0 Å². The maximum Gasteiger partial charge on any atom is -0.00240 e. The minimum atomic E-state index is 1.08. The van der Waals surface area contributed by atoms with Gasteiger partial charge in [-0.2, -0.15) is 0 Å². The SMILES string of the molecule is C=CC=C.c1ccc(CCc2ccc3ccc4cccc5ccc2c3c45)cc1. The van der Waals surface area contributed by atoms with Gasteiger partial charge in [-0.1, -0.05) is 110 Å². The van der Waals surface area contributed by atoms with Crippen molar-refractivity contribution in [1.82, 2.24) is 0 Å². The van der Waals surface area contributed by atoms with Gasteiger partial charge in [-0.15, -0.1) is 0 Å². The van der Waals surface area contributed by atoms with Crippen molar-refractivity contribution in [3.8, 4) is 0 Å². The number of allylic oxidation sites excluding steroid dienone is 2. The molecular formula is C28H24. The summed E-state index contributed by atoms with van der Waals surface area (Å²) in [7, 11) is 0. The van der Waals surface area contributed by atoms with Gasteiger partial charge in [0.1, 0.15) is 0 Å². The molecule has 5 aromatic carbocycles. The van der Waals surface area contributed by atoms with Gasteiger partial charge in [0.2, 0.25) is 0 Å². The zero-order valence-electron chi connectivity index (χ0n) is 16.1. The summed E-state index contributed by atoms with van der Waals surface area (Å²) in [5, 5.41) is 8.27. The third-order valence-electron chi connectivity index (χ3n) is 5.31. The van der Waals surface area contributed by atoms with Gasteiger partial charge in [-0.05, 0) is 56.3 Å². The highest BCUT2D eigenvalue weighted by Gasteiger charge is 2.10. The summed E-state index contributed by atoms with van der Waals surface area (Å²) in [5.74, 6) is 0. The normalized spacial score (nSPS) is 10.7. The van der Waals surface area contributed by atoms with E-state index in [0.29, 0.717) is 0 Å². The van der Waals surface area contributed by atoms with Crippen LogP contribution in [-0.4, -0.2) is 0 Å².